The highest BCUT2D eigenvalue weighted by atomic mass is 32.1. The molecular weight excluding hydrogens is 294 g/mol. The molecule has 22 heavy (non-hydrogen) atoms. The largest absolute Gasteiger partial charge is 0.368 e. The van der Waals surface area contributed by atoms with Gasteiger partial charge in [-0.2, -0.15) is 0 Å². The first kappa shape index (κ1) is 14.9. The summed E-state index contributed by atoms with van der Waals surface area (Å²) in [6, 6.07) is 12.6. The number of piperazine rings is 1. The van der Waals surface area contributed by atoms with E-state index in [2.05, 4.69) is 41.4 Å². The Morgan fingerprint density at radius 3 is 2.68 bits per heavy atom. The lowest BCUT2D eigenvalue weighted by atomic mass is 10.2. The summed E-state index contributed by atoms with van der Waals surface area (Å²) in [6.45, 7) is 6.03. The topological polar surface area (TPSA) is 35.6 Å². The summed E-state index contributed by atoms with van der Waals surface area (Å²) in [5.41, 5.74) is 2.52. The Labute approximate surface area is 135 Å². The molecule has 2 amide bonds. The van der Waals surface area contributed by atoms with Crippen molar-refractivity contribution in [3.05, 3.63) is 52.2 Å². The van der Waals surface area contributed by atoms with Crippen LogP contribution in [0.5, 0.6) is 0 Å². The molecule has 0 unspecified atom stereocenters. The molecule has 5 heteroatoms. The molecule has 0 radical (unpaired) electrons. The Balaban J connectivity index is 1.49. The number of benzene rings is 1. The minimum atomic E-state index is 0.0392. The number of nitrogens with zero attached hydrogens (tertiary/aromatic N) is 2. The number of thiophene rings is 1. The van der Waals surface area contributed by atoms with E-state index in [0.29, 0.717) is 6.54 Å². The summed E-state index contributed by atoms with van der Waals surface area (Å²) < 4.78 is 0. The zero-order chi connectivity index (χ0) is 15.4. The SMILES string of the molecule is Cc1cccc(N2CCN(C(=O)NCc3cccs3)CC2)c1. The molecule has 1 aliphatic rings. The van der Waals surface area contributed by atoms with Gasteiger partial charge in [0.2, 0.25) is 0 Å². The lowest BCUT2D eigenvalue weighted by Gasteiger charge is -2.36. The minimum absolute atomic E-state index is 0.0392. The van der Waals surface area contributed by atoms with E-state index >= 15 is 0 Å². The van der Waals surface area contributed by atoms with E-state index in [-0.39, 0.29) is 6.03 Å². The van der Waals surface area contributed by atoms with E-state index in [1.54, 1.807) is 11.3 Å². The van der Waals surface area contributed by atoms with Crippen LogP contribution in [0.3, 0.4) is 0 Å². The van der Waals surface area contributed by atoms with Crippen molar-refractivity contribution in [1.29, 1.82) is 0 Å². The average Bonchev–Trinajstić information content (AvgIpc) is 3.06. The van der Waals surface area contributed by atoms with Gasteiger partial charge < -0.3 is 15.1 Å². The van der Waals surface area contributed by atoms with Gasteiger partial charge in [0.05, 0.1) is 6.54 Å². The summed E-state index contributed by atoms with van der Waals surface area (Å²) in [5.74, 6) is 0. The van der Waals surface area contributed by atoms with E-state index in [0.717, 1.165) is 26.2 Å². The minimum Gasteiger partial charge on any atom is -0.368 e. The van der Waals surface area contributed by atoms with Crippen LogP contribution in [0.2, 0.25) is 0 Å². The van der Waals surface area contributed by atoms with Gasteiger partial charge in [0.25, 0.3) is 0 Å². The van der Waals surface area contributed by atoms with Crippen molar-refractivity contribution in [3.63, 3.8) is 0 Å². The fraction of sp³-hybridized carbons (Fsp3) is 0.353. The number of anilines is 1. The highest BCUT2D eigenvalue weighted by molar-refractivity contribution is 7.09. The average molecular weight is 315 g/mol. The molecule has 2 heterocycles. The number of aryl methyl sites for hydroxylation is 1. The van der Waals surface area contributed by atoms with Gasteiger partial charge in [-0.05, 0) is 36.1 Å². The first-order valence-electron chi connectivity index (χ1n) is 7.59. The molecular formula is C17H21N3OS. The molecule has 1 saturated heterocycles. The van der Waals surface area contributed by atoms with Gasteiger partial charge in [0, 0.05) is 36.7 Å². The van der Waals surface area contributed by atoms with Crippen LogP contribution in [-0.4, -0.2) is 37.1 Å². The lowest BCUT2D eigenvalue weighted by molar-refractivity contribution is 0.194. The van der Waals surface area contributed by atoms with Crippen molar-refractivity contribution in [3.8, 4) is 0 Å². The molecule has 0 saturated carbocycles. The number of carbonyl (C=O) groups is 1. The smallest absolute Gasteiger partial charge is 0.317 e. The zero-order valence-corrected chi connectivity index (χ0v) is 13.6. The Morgan fingerprint density at radius 1 is 1.18 bits per heavy atom. The molecule has 3 rings (SSSR count). The number of urea groups is 1. The highest BCUT2D eigenvalue weighted by Gasteiger charge is 2.21. The van der Waals surface area contributed by atoms with Gasteiger partial charge in [0.15, 0.2) is 0 Å². The predicted molar refractivity (Wildman–Crippen MR) is 91.5 cm³/mol. The first-order chi connectivity index (χ1) is 10.7. The molecule has 0 spiro atoms. The van der Waals surface area contributed by atoms with Gasteiger partial charge in [-0.3, -0.25) is 0 Å². The quantitative estimate of drug-likeness (QED) is 0.945. The van der Waals surface area contributed by atoms with Crippen LogP contribution in [0.4, 0.5) is 10.5 Å². The summed E-state index contributed by atoms with van der Waals surface area (Å²) in [6.07, 6.45) is 0. The molecule has 1 N–H and O–H groups in total. The van der Waals surface area contributed by atoms with Crippen molar-refractivity contribution in [2.45, 2.75) is 13.5 Å². The van der Waals surface area contributed by atoms with E-state index in [1.807, 2.05) is 22.4 Å². The Morgan fingerprint density at radius 2 is 2.00 bits per heavy atom. The van der Waals surface area contributed by atoms with Gasteiger partial charge >= 0.3 is 6.03 Å². The van der Waals surface area contributed by atoms with E-state index in [1.165, 1.54) is 16.1 Å². The zero-order valence-electron chi connectivity index (χ0n) is 12.8. The van der Waals surface area contributed by atoms with Crippen LogP contribution in [0.1, 0.15) is 10.4 Å². The van der Waals surface area contributed by atoms with E-state index < -0.39 is 0 Å². The molecule has 0 atom stereocenters. The van der Waals surface area contributed by atoms with Crippen LogP contribution < -0.4 is 10.2 Å². The molecule has 1 aromatic carbocycles. The number of rotatable bonds is 3. The Hall–Kier alpha value is -2.01. The van der Waals surface area contributed by atoms with Gasteiger partial charge in [-0.1, -0.05) is 18.2 Å². The summed E-state index contributed by atoms with van der Waals surface area (Å²) >= 11 is 1.67. The molecule has 2 aromatic rings. The van der Waals surface area contributed by atoms with E-state index in [4.69, 9.17) is 0 Å². The van der Waals surface area contributed by atoms with Crippen LogP contribution in [0.15, 0.2) is 41.8 Å². The normalized spacial score (nSPS) is 15.0. The third-order valence-electron chi connectivity index (χ3n) is 3.93. The molecule has 1 aromatic heterocycles. The molecule has 4 nitrogen and oxygen atoms in total. The number of nitrogens with one attached hydrogen (secondary N) is 1. The van der Waals surface area contributed by atoms with Gasteiger partial charge in [0.1, 0.15) is 0 Å². The van der Waals surface area contributed by atoms with Gasteiger partial charge in [-0.15, -0.1) is 11.3 Å². The number of amides is 2. The maximum absolute atomic E-state index is 12.2. The fourth-order valence-corrected chi connectivity index (χ4v) is 3.32. The van der Waals surface area contributed by atoms with Crippen LogP contribution in [0.25, 0.3) is 0 Å². The second-order valence-corrected chi connectivity index (χ2v) is 6.58. The third-order valence-corrected chi connectivity index (χ3v) is 4.80. The van der Waals surface area contributed by atoms with Crippen molar-refractivity contribution >= 4 is 23.1 Å². The number of carbonyl (C=O) groups excluding carboxylic acids is 1. The molecule has 1 fully saturated rings. The molecule has 116 valence electrons. The van der Waals surface area contributed by atoms with Crippen molar-refractivity contribution in [2.24, 2.45) is 0 Å². The van der Waals surface area contributed by atoms with E-state index in [9.17, 15) is 4.79 Å². The third kappa shape index (κ3) is 3.60. The monoisotopic (exact) mass is 315 g/mol. The predicted octanol–water partition coefficient (Wildman–Crippen LogP) is 3.09. The second kappa shape index (κ2) is 6.83. The highest BCUT2D eigenvalue weighted by Crippen LogP contribution is 2.17. The van der Waals surface area contributed by atoms with Crippen molar-refractivity contribution in [2.75, 3.05) is 31.1 Å². The summed E-state index contributed by atoms with van der Waals surface area (Å²) in [4.78, 5) is 17.6. The Bertz CT molecular complexity index is 619. The fourth-order valence-electron chi connectivity index (χ4n) is 2.68. The first-order valence-corrected chi connectivity index (χ1v) is 8.47. The molecule has 0 aliphatic carbocycles. The number of hydrogen-bond acceptors (Lipinski definition) is 3. The van der Waals surface area contributed by atoms with Crippen LogP contribution >= 0.6 is 11.3 Å². The summed E-state index contributed by atoms with van der Waals surface area (Å²) in [5, 5.41) is 5.03. The lowest BCUT2D eigenvalue weighted by Crippen LogP contribution is -2.51. The maximum atomic E-state index is 12.2. The standard InChI is InChI=1S/C17H21N3OS/c1-14-4-2-5-15(12-14)19-7-9-20(10-8-19)17(21)18-13-16-6-3-11-22-16/h2-6,11-12H,7-10,13H2,1H3,(H,18,21). The second-order valence-electron chi connectivity index (χ2n) is 5.55. The summed E-state index contributed by atoms with van der Waals surface area (Å²) in [7, 11) is 0. The van der Waals surface area contributed by atoms with Gasteiger partial charge in [-0.25, -0.2) is 4.79 Å². The Kier molecular flexibility index (Phi) is 4.63. The van der Waals surface area contributed by atoms with Crippen molar-refractivity contribution in [1.82, 2.24) is 10.2 Å². The maximum Gasteiger partial charge on any atom is 0.317 e. The molecule has 0 bridgehead atoms. The van der Waals surface area contributed by atoms with Crippen molar-refractivity contribution < 1.29 is 4.79 Å². The molecule has 1 aliphatic heterocycles. The number of hydrogen-bond donors (Lipinski definition) is 1. The van der Waals surface area contributed by atoms with Crippen LogP contribution in [-0.2, 0) is 6.54 Å². The van der Waals surface area contributed by atoms with Crippen LogP contribution in [0, 0.1) is 6.92 Å².